The minimum absolute atomic E-state index is 0.208. The maximum atomic E-state index is 11.8. The van der Waals surface area contributed by atoms with Crippen LogP contribution in [-0.2, 0) is 4.79 Å². The topological polar surface area (TPSA) is 59.0 Å². The predicted molar refractivity (Wildman–Crippen MR) is 79.5 cm³/mol. The van der Waals surface area contributed by atoms with Gasteiger partial charge in [-0.2, -0.15) is 0 Å². The predicted octanol–water partition coefficient (Wildman–Crippen LogP) is 1.84. The Morgan fingerprint density at radius 1 is 1.24 bits per heavy atom. The maximum Gasteiger partial charge on any atom is 0.325 e. The van der Waals surface area contributed by atoms with Gasteiger partial charge >= 0.3 is 5.97 Å². The first-order valence-corrected chi connectivity index (χ1v) is 7.43. The van der Waals surface area contributed by atoms with Crippen molar-refractivity contribution in [3.05, 3.63) is 24.3 Å². The zero-order valence-electron chi connectivity index (χ0n) is 12.7. The number of aliphatic hydroxyl groups is 1. The number of ether oxygens (including phenoxy) is 2. The Balaban J connectivity index is 1.75. The third kappa shape index (κ3) is 4.44. The number of carbonyl (C=O) groups excluding carboxylic acids is 1. The van der Waals surface area contributed by atoms with Gasteiger partial charge in [-0.3, -0.25) is 9.69 Å². The van der Waals surface area contributed by atoms with Crippen LogP contribution in [0.25, 0.3) is 0 Å². The van der Waals surface area contributed by atoms with E-state index in [4.69, 9.17) is 9.47 Å². The second kappa shape index (κ2) is 6.91. The minimum atomic E-state index is -0.617. The van der Waals surface area contributed by atoms with Gasteiger partial charge in [0.25, 0.3) is 0 Å². The van der Waals surface area contributed by atoms with Crippen molar-refractivity contribution in [1.82, 2.24) is 4.90 Å². The van der Waals surface area contributed by atoms with Crippen LogP contribution in [0.2, 0.25) is 0 Å². The van der Waals surface area contributed by atoms with Gasteiger partial charge in [-0.25, -0.2) is 0 Å². The fraction of sp³-hybridized carbons (Fsp3) is 0.562. The smallest absolute Gasteiger partial charge is 0.325 e. The first-order chi connectivity index (χ1) is 10.0. The number of hydrogen-bond acceptors (Lipinski definition) is 5. The summed E-state index contributed by atoms with van der Waals surface area (Å²) in [6.07, 6.45) is 1.72. The third-order valence-corrected chi connectivity index (χ3v) is 3.47. The second-order valence-electron chi connectivity index (χ2n) is 5.50. The lowest BCUT2D eigenvalue weighted by molar-refractivity contribution is -0.145. The molecular weight excluding hydrogens is 270 g/mol. The van der Waals surface area contributed by atoms with Gasteiger partial charge in [0.1, 0.15) is 11.5 Å². The third-order valence-electron chi connectivity index (χ3n) is 3.47. The van der Waals surface area contributed by atoms with E-state index in [-0.39, 0.29) is 12.5 Å². The highest BCUT2D eigenvalue weighted by Gasteiger charge is 2.40. The zero-order chi connectivity index (χ0) is 15.3. The molecule has 1 N–H and O–H groups in total. The molecule has 1 aliphatic heterocycles. The molecule has 5 heteroatoms. The molecule has 0 aromatic heterocycles. The molecule has 0 unspecified atom stereocenters. The Morgan fingerprint density at radius 2 is 1.86 bits per heavy atom. The summed E-state index contributed by atoms with van der Waals surface area (Å²) in [6.45, 7) is 5.86. The first-order valence-electron chi connectivity index (χ1n) is 7.43. The number of esters is 1. The quantitative estimate of drug-likeness (QED) is 0.614. The largest absolute Gasteiger partial charge is 0.494 e. The molecule has 116 valence electrons. The normalized spacial score (nSPS) is 17.1. The van der Waals surface area contributed by atoms with Crippen molar-refractivity contribution in [1.29, 1.82) is 0 Å². The molecule has 1 aromatic rings. The van der Waals surface area contributed by atoms with Crippen LogP contribution < -0.4 is 9.47 Å². The average Bonchev–Trinajstić information content (AvgIpc) is 2.40. The van der Waals surface area contributed by atoms with Crippen molar-refractivity contribution >= 4 is 5.97 Å². The maximum absolute atomic E-state index is 11.8. The number of nitrogens with zero attached hydrogens (tertiary/aromatic N) is 1. The summed E-state index contributed by atoms with van der Waals surface area (Å²) in [7, 11) is 0. The van der Waals surface area contributed by atoms with Gasteiger partial charge in [-0.15, -0.1) is 0 Å². The molecule has 1 aromatic carbocycles. The Morgan fingerprint density at radius 3 is 2.43 bits per heavy atom. The molecule has 0 radical (unpaired) electrons. The molecule has 0 atom stereocenters. The SMILES string of the molecule is CCCC1(O)CN(CC(=O)Oc2ccc(OCC)cc2)C1. The monoisotopic (exact) mass is 293 g/mol. The summed E-state index contributed by atoms with van der Waals surface area (Å²) in [4.78, 5) is 13.7. The van der Waals surface area contributed by atoms with E-state index in [0.29, 0.717) is 25.4 Å². The highest BCUT2D eigenvalue weighted by atomic mass is 16.5. The number of benzene rings is 1. The summed E-state index contributed by atoms with van der Waals surface area (Å²) in [5, 5.41) is 10.1. The molecule has 0 spiro atoms. The average molecular weight is 293 g/mol. The van der Waals surface area contributed by atoms with Crippen LogP contribution >= 0.6 is 0 Å². The van der Waals surface area contributed by atoms with Crippen LogP contribution in [0.1, 0.15) is 26.7 Å². The van der Waals surface area contributed by atoms with Crippen molar-refractivity contribution in [3.8, 4) is 11.5 Å². The summed E-state index contributed by atoms with van der Waals surface area (Å²) in [5.41, 5.74) is -0.617. The van der Waals surface area contributed by atoms with Gasteiger partial charge in [-0.1, -0.05) is 13.3 Å². The van der Waals surface area contributed by atoms with Crippen molar-refractivity contribution in [2.24, 2.45) is 0 Å². The van der Waals surface area contributed by atoms with Gasteiger partial charge in [0.05, 0.1) is 18.8 Å². The standard InChI is InChI=1S/C16H23NO4/c1-3-9-16(19)11-17(12-16)10-15(18)21-14-7-5-13(6-8-14)20-4-2/h5-8,19H,3-4,9-12H2,1-2H3. The number of likely N-dealkylation sites (tertiary alicyclic amines) is 1. The second-order valence-corrected chi connectivity index (χ2v) is 5.50. The summed E-state index contributed by atoms with van der Waals surface area (Å²) >= 11 is 0. The Labute approximate surface area is 125 Å². The van der Waals surface area contributed by atoms with E-state index >= 15 is 0 Å². The van der Waals surface area contributed by atoms with Crippen LogP contribution in [0.4, 0.5) is 0 Å². The van der Waals surface area contributed by atoms with Crippen molar-refractivity contribution in [3.63, 3.8) is 0 Å². The van der Waals surface area contributed by atoms with Gasteiger partial charge in [0, 0.05) is 13.1 Å². The number of carbonyl (C=O) groups is 1. The van der Waals surface area contributed by atoms with E-state index in [1.54, 1.807) is 24.3 Å². The lowest BCUT2D eigenvalue weighted by atomic mass is 9.89. The molecule has 1 aliphatic rings. The lowest BCUT2D eigenvalue weighted by Gasteiger charge is -2.46. The highest BCUT2D eigenvalue weighted by molar-refractivity contribution is 5.74. The number of rotatable bonds is 7. The van der Waals surface area contributed by atoms with E-state index in [2.05, 4.69) is 0 Å². The van der Waals surface area contributed by atoms with Crippen LogP contribution in [-0.4, -0.2) is 47.8 Å². The number of hydrogen-bond donors (Lipinski definition) is 1. The van der Waals surface area contributed by atoms with E-state index < -0.39 is 5.60 Å². The van der Waals surface area contributed by atoms with Gasteiger partial charge in [-0.05, 0) is 37.6 Å². The molecule has 0 bridgehead atoms. The van der Waals surface area contributed by atoms with Crippen molar-refractivity contribution in [2.75, 3.05) is 26.2 Å². The molecule has 0 aliphatic carbocycles. The zero-order valence-corrected chi connectivity index (χ0v) is 12.7. The highest BCUT2D eigenvalue weighted by Crippen LogP contribution is 2.25. The molecule has 21 heavy (non-hydrogen) atoms. The fourth-order valence-corrected chi connectivity index (χ4v) is 2.64. The van der Waals surface area contributed by atoms with Gasteiger partial charge < -0.3 is 14.6 Å². The van der Waals surface area contributed by atoms with E-state index in [9.17, 15) is 9.90 Å². The fourth-order valence-electron chi connectivity index (χ4n) is 2.64. The van der Waals surface area contributed by atoms with E-state index in [0.717, 1.165) is 18.6 Å². The number of β-amino-alcohol motifs (C(OH)–C–C–N with tert-alkyl or cyclic N) is 1. The van der Waals surface area contributed by atoms with Crippen LogP contribution in [0.3, 0.4) is 0 Å². The first kappa shape index (κ1) is 15.8. The van der Waals surface area contributed by atoms with E-state index in [1.165, 1.54) is 0 Å². The van der Waals surface area contributed by atoms with Crippen LogP contribution in [0, 0.1) is 0 Å². The molecule has 0 saturated carbocycles. The van der Waals surface area contributed by atoms with E-state index in [1.807, 2.05) is 18.7 Å². The van der Waals surface area contributed by atoms with Crippen molar-refractivity contribution in [2.45, 2.75) is 32.3 Å². The Kier molecular flexibility index (Phi) is 5.20. The molecule has 2 rings (SSSR count). The van der Waals surface area contributed by atoms with Gasteiger partial charge in [0.2, 0.25) is 0 Å². The molecule has 5 nitrogen and oxygen atoms in total. The molecule has 1 saturated heterocycles. The Bertz CT molecular complexity index is 466. The van der Waals surface area contributed by atoms with Gasteiger partial charge in [0.15, 0.2) is 0 Å². The lowest BCUT2D eigenvalue weighted by Crippen LogP contribution is -2.62. The molecular formula is C16H23NO4. The molecule has 1 heterocycles. The van der Waals surface area contributed by atoms with Crippen LogP contribution in [0.15, 0.2) is 24.3 Å². The van der Waals surface area contributed by atoms with Crippen LogP contribution in [0.5, 0.6) is 11.5 Å². The summed E-state index contributed by atoms with van der Waals surface area (Å²) in [6, 6.07) is 6.98. The minimum Gasteiger partial charge on any atom is -0.494 e. The Hall–Kier alpha value is -1.59. The van der Waals surface area contributed by atoms with Crippen molar-refractivity contribution < 1.29 is 19.4 Å². The summed E-state index contributed by atoms with van der Waals surface area (Å²) in [5.74, 6) is 0.954. The molecule has 1 fully saturated rings. The summed E-state index contributed by atoms with van der Waals surface area (Å²) < 4.78 is 10.6. The molecule has 0 amide bonds.